The molecular formula is C30H32F3N7OS. The van der Waals surface area contributed by atoms with Gasteiger partial charge in [-0.25, -0.2) is 4.98 Å². The lowest BCUT2D eigenvalue weighted by Crippen LogP contribution is -2.55. The van der Waals surface area contributed by atoms with Crippen molar-refractivity contribution in [2.45, 2.75) is 52.5 Å². The van der Waals surface area contributed by atoms with E-state index in [2.05, 4.69) is 19.9 Å². The number of aryl methyl sites for hydroxylation is 2. The van der Waals surface area contributed by atoms with E-state index in [1.807, 2.05) is 55.3 Å². The summed E-state index contributed by atoms with van der Waals surface area (Å²) in [6, 6.07) is 10.3. The fourth-order valence-electron chi connectivity index (χ4n) is 6.03. The van der Waals surface area contributed by atoms with Crippen molar-refractivity contribution in [1.29, 1.82) is 0 Å². The molecule has 12 heteroatoms. The van der Waals surface area contributed by atoms with Crippen LogP contribution in [0.1, 0.15) is 35.0 Å². The smallest absolute Gasteiger partial charge is 0.367 e. The first-order valence-electron chi connectivity index (χ1n) is 14.0. The lowest BCUT2D eigenvalue weighted by atomic mass is 9.91. The Morgan fingerprint density at radius 2 is 1.88 bits per heavy atom. The largest absolute Gasteiger partial charge is 0.416 e. The first-order valence-corrected chi connectivity index (χ1v) is 14.9. The lowest BCUT2D eigenvalue weighted by molar-refractivity contribution is -0.138. The van der Waals surface area contributed by atoms with Gasteiger partial charge in [0, 0.05) is 61.7 Å². The summed E-state index contributed by atoms with van der Waals surface area (Å²) in [5, 5.41) is 7.11. The summed E-state index contributed by atoms with van der Waals surface area (Å²) >= 11 is 1.47. The third-order valence-corrected chi connectivity index (χ3v) is 8.96. The summed E-state index contributed by atoms with van der Waals surface area (Å²) in [5.41, 5.74) is 4.57. The number of anilines is 2. The third-order valence-electron chi connectivity index (χ3n) is 8.06. The van der Waals surface area contributed by atoms with Crippen LogP contribution >= 0.6 is 11.3 Å². The zero-order valence-corrected chi connectivity index (χ0v) is 24.5. The predicted octanol–water partition coefficient (Wildman–Crippen LogP) is 5.34. The van der Waals surface area contributed by atoms with E-state index in [1.165, 1.54) is 17.4 Å². The number of hydrogen-bond acceptors (Lipinski definition) is 7. The van der Waals surface area contributed by atoms with E-state index in [4.69, 9.17) is 4.98 Å². The number of thiazole rings is 1. The number of halogens is 3. The van der Waals surface area contributed by atoms with E-state index >= 15 is 0 Å². The topological polar surface area (TPSA) is 70.4 Å². The van der Waals surface area contributed by atoms with Crippen LogP contribution in [0.15, 0.2) is 48.0 Å². The minimum absolute atomic E-state index is 0.0125. The molecule has 1 saturated heterocycles. The van der Waals surface area contributed by atoms with Crippen LogP contribution < -0.4 is 9.80 Å². The molecule has 1 unspecified atom stereocenters. The number of fused-ring (bicyclic) bond motifs is 1. The molecule has 0 saturated carbocycles. The van der Waals surface area contributed by atoms with E-state index in [0.29, 0.717) is 43.9 Å². The first-order chi connectivity index (χ1) is 20.1. The highest BCUT2D eigenvalue weighted by atomic mass is 32.1. The van der Waals surface area contributed by atoms with Crippen LogP contribution in [0, 0.1) is 13.8 Å². The second-order valence-corrected chi connectivity index (χ2v) is 11.8. The fraction of sp³-hybridized carbons (Fsp3) is 0.400. The summed E-state index contributed by atoms with van der Waals surface area (Å²) in [6.07, 6.45) is -2.45. The number of piperazine rings is 1. The summed E-state index contributed by atoms with van der Waals surface area (Å²) in [7, 11) is 0. The van der Waals surface area contributed by atoms with E-state index in [1.54, 1.807) is 16.9 Å². The molecule has 42 heavy (non-hydrogen) atoms. The molecule has 0 N–H and O–H groups in total. The van der Waals surface area contributed by atoms with Gasteiger partial charge < -0.3 is 14.7 Å². The molecule has 6 rings (SSSR count). The van der Waals surface area contributed by atoms with E-state index < -0.39 is 11.7 Å². The zero-order valence-electron chi connectivity index (χ0n) is 23.7. The number of carbonyl (C=O) groups excluding carboxylic acids is 1. The highest BCUT2D eigenvalue weighted by Gasteiger charge is 2.38. The van der Waals surface area contributed by atoms with Crippen molar-refractivity contribution < 1.29 is 18.0 Å². The predicted molar refractivity (Wildman–Crippen MR) is 157 cm³/mol. The summed E-state index contributed by atoms with van der Waals surface area (Å²) < 4.78 is 43.9. The van der Waals surface area contributed by atoms with E-state index in [-0.39, 0.29) is 24.9 Å². The Kier molecular flexibility index (Phi) is 7.42. The average Bonchev–Trinajstić information content (AvgIpc) is 3.58. The maximum Gasteiger partial charge on any atom is 0.416 e. The molecule has 1 fully saturated rings. The standard InChI is InChI=1S/C30H32F3N7OS/c1-19-14-20(2)40(36-19)17-28(41)39-13-12-37(15-21(39)3)27-8-7-24(30(31,32)33)22-9-11-38(16-23(22)27)29-35-26(18-42-29)25-6-4-5-10-34-25/h4-8,10,14,18,21H,9,11-13,15-17H2,1-3H3. The van der Waals surface area contributed by atoms with Gasteiger partial charge in [0.2, 0.25) is 5.91 Å². The normalized spacial score (nSPS) is 17.5. The molecule has 220 valence electrons. The highest BCUT2D eigenvalue weighted by molar-refractivity contribution is 7.14. The van der Waals surface area contributed by atoms with Gasteiger partial charge in [0.25, 0.3) is 0 Å². The molecule has 4 aromatic rings. The van der Waals surface area contributed by atoms with Crippen molar-refractivity contribution in [3.8, 4) is 11.4 Å². The molecule has 2 aliphatic heterocycles. The Hall–Kier alpha value is -3.93. The van der Waals surface area contributed by atoms with Gasteiger partial charge in [-0.3, -0.25) is 14.5 Å². The second-order valence-electron chi connectivity index (χ2n) is 11.0. The number of rotatable bonds is 5. The van der Waals surface area contributed by atoms with Crippen LogP contribution in [-0.4, -0.2) is 62.8 Å². The van der Waals surface area contributed by atoms with Crippen LogP contribution in [0.3, 0.4) is 0 Å². The summed E-state index contributed by atoms with van der Waals surface area (Å²) in [4.78, 5) is 28.4. The third kappa shape index (κ3) is 5.47. The monoisotopic (exact) mass is 595 g/mol. The van der Waals surface area contributed by atoms with Gasteiger partial charge >= 0.3 is 6.18 Å². The van der Waals surface area contributed by atoms with Crippen LogP contribution in [0.2, 0.25) is 0 Å². The molecule has 1 atom stereocenters. The zero-order chi connectivity index (χ0) is 29.6. The molecule has 2 aliphatic rings. The number of hydrogen-bond donors (Lipinski definition) is 0. The quantitative estimate of drug-likeness (QED) is 0.311. The maximum atomic E-state index is 14.1. The van der Waals surface area contributed by atoms with Crippen molar-refractivity contribution in [3.05, 3.63) is 76.1 Å². The van der Waals surface area contributed by atoms with Gasteiger partial charge in [0.05, 0.1) is 17.0 Å². The van der Waals surface area contributed by atoms with Crippen LogP contribution in [0.5, 0.6) is 0 Å². The number of pyridine rings is 1. The molecule has 0 aliphatic carbocycles. The number of alkyl halides is 3. The number of aromatic nitrogens is 4. The molecular weight excluding hydrogens is 563 g/mol. The maximum absolute atomic E-state index is 14.1. The Morgan fingerprint density at radius 1 is 1.05 bits per heavy atom. The van der Waals surface area contributed by atoms with Crippen molar-refractivity contribution in [2.24, 2.45) is 0 Å². The second kappa shape index (κ2) is 11.0. The summed E-state index contributed by atoms with van der Waals surface area (Å²) in [6.45, 7) is 8.30. The molecule has 3 aromatic heterocycles. The number of carbonyl (C=O) groups is 1. The van der Waals surface area contributed by atoms with Gasteiger partial charge in [0.15, 0.2) is 5.13 Å². The Balaban J connectivity index is 1.24. The van der Waals surface area contributed by atoms with Crippen LogP contribution in [0.4, 0.5) is 24.0 Å². The van der Waals surface area contributed by atoms with Crippen molar-refractivity contribution in [2.75, 3.05) is 36.0 Å². The molecule has 5 heterocycles. The lowest BCUT2D eigenvalue weighted by Gasteiger charge is -2.43. The fourth-order valence-corrected chi connectivity index (χ4v) is 6.87. The molecule has 1 amide bonds. The molecule has 1 aromatic carbocycles. The van der Waals surface area contributed by atoms with Gasteiger partial charge in [-0.1, -0.05) is 6.07 Å². The molecule has 0 radical (unpaired) electrons. The van der Waals surface area contributed by atoms with Crippen molar-refractivity contribution in [1.82, 2.24) is 24.6 Å². The van der Waals surface area contributed by atoms with Gasteiger partial charge in [-0.15, -0.1) is 11.3 Å². The van der Waals surface area contributed by atoms with Crippen molar-refractivity contribution in [3.63, 3.8) is 0 Å². The van der Waals surface area contributed by atoms with Gasteiger partial charge in [-0.2, -0.15) is 18.3 Å². The molecule has 8 nitrogen and oxygen atoms in total. The minimum atomic E-state index is -4.43. The highest BCUT2D eigenvalue weighted by Crippen LogP contribution is 2.41. The first kappa shape index (κ1) is 28.2. The van der Waals surface area contributed by atoms with E-state index in [9.17, 15) is 18.0 Å². The Labute approximate surface area is 246 Å². The minimum Gasteiger partial charge on any atom is -0.367 e. The molecule has 0 bridgehead atoms. The number of nitrogens with zero attached hydrogens (tertiary/aromatic N) is 7. The van der Waals surface area contributed by atoms with Gasteiger partial charge in [0.1, 0.15) is 12.2 Å². The summed E-state index contributed by atoms with van der Waals surface area (Å²) in [5.74, 6) is -0.0125. The number of benzene rings is 1. The van der Waals surface area contributed by atoms with Crippen molar-refractivity contribution >= 4 is 28.1 Å². The van der Waals surface area contributed by atoms with Gasteiger partial charge in [-0.05, 0) is 68.7 Å². The average molecular weight is 596 g/mol. The van der Waals surface area contributed by atoms with Crippen LogP contribution in [-0.2, 0) is 30.5 Å². The van der Waals surface area contributed by atoms with Crippen LogP contribution in [0.25, 0.3) is 11.4 Å². The Bertz CT molecular complexity index is 1600. The SMILES string of the molecule is Cc1cc(C)n(CC(=O)N2CCN(c3ccc(C(F)(F)F)c4c3CN(c3nc(-c5ccccn5)cs3)CC4)CC2C)n1. The molecule has 0 spiro atoms. The Morgan fingerprint density at radius 3 is 2.57 bits per heavy atom. The van der Waals surface area contributed by atoms with E-state index in [0.717, 1.165) is 33.6 Å². The number of amides is 1.